The van der Waals surface area contributed by atoms with E-state index in [2.05, 4.69) is 4.99 Å². The molecule has 2 aromatic carbocycles. The van der Waals surface area contributed by atoms with Crippen LogP contribution in [0.3, 0.4) is 0 Å². The van der Waals surface area contributed by atoms with Gasteiger partial charge in [-0.25, -0.2) is 4.99 Å². The summed E-state index contributed by atoms with van der Waals surface area (Å²) in [5, 5.41) is 0. The van der Waals surface area contributed by atoms with Crippen molar-refractivity contribution >= 4 is 5.90 Å². The highest BCUT2D eigenvalue weighted by Crippen LogP contribution is 2.26. The van der Waals surface area contributed by atoms with E-state index < -0.39 is 0 Å². The predicted molar refractivity (Wildman–Crippen MR) is 70.3 cm³/mol. The van der Waals surface area contributed by atoms with Gasteiger partial charge in [0, 0.05) is 0 Å². The van der Waals surface area contributed by atoms with E-state index in [1.165, 1.54) is 0 Å². The summed E-state index contributed by atoms with van der Waals surface area (Å²) >= 11 is 0. The standard InChI is InChI=1S/C15H13NO2/c1-2-6-12(7-3-1)18-14-9-5-4-8-13(14)15-16-10-11-17-15/h1-9H,10-11H2. The molecule has 90 valence electrons. The van der Waals surface area contributed by atoms with Crippen molar-refractivity contribution in [1.29, 1.82) is 0 Å². The van der Waals surface area contributed by atoms with E-state index >= 15 is 0 Å². The van der Waals surface area contributed by atoms with Gasteiger partial charge in [-0.05, 0) is 24.3 Å². The minimum Gasteiger partial charge on any atom is -0.475 e. The highest BCUT2D eigenvalue weighted by molar-refractivity contribution is 5.97. The summed E-state index contributed by atoms with van der Waals surface area (Å²) in [6.07, 6.45) is 0. The molecule has 0 aromatic heterocycles. The quantitative estimate of drug-likeness (QED) is 0.823. The van der Waals surface area contributed by atoms with E-state index in [9.17, 15) is 0 Å². The van der Waals surface area contributed by atoms with Gasteiger partial charge in [0.1, 0.15) is 18.1 Å². The zero-order chi connectivity index (χ0) is 12.2. The number of hydrogen-bond donors (Lipinski definition) is 0. The monoisotopic (exact) mass is 239 g/mol. The van der Waals surface area contributed by atoms with Crippen LogP contribution in [-0.4, -0.2) is 19.0 Å². The molecule has 3 rings (SSSR count). The third kappa shape index (κ3) is 2.20. The molecule has 3 nitrogen and oxygen atoms in total. The van der Waals surface area contributed by atoms with Crippen LogP contribution in [0.5, 0.6) is 11.5 Å². The van der Waals surface area contributed by atoms with Gasteiger partial charge in [-0.1, -0.05) is 30.3 Å². The summed E-state index contributed by atoms with van der Waals surface area (Å²) < 4.78 is 11.3. The molecule has 1 aliphatic rings. The Balaban J connectivity index is 1.92. The number of nitrogens with zero attached hydrogens (tertiary/aromatic N) is 1. The Morgan fingerprint density at radius 2 is 1.72 bits per heavy atom. The smallest absolute Gasteiger partial charge is 0.220 e. The lowest BCUT2D eigenvalue weighted by molar-refractivity contribution is 0.347. The summed E-state index contributed by atoms with van der Waals surface area (Å²) in [4.78, 5) is 4.32. The van der Waals surface area contributed by atoms with Gasteiger partial charge in [0.2, 0.25) is 5.90 Å². The van der Waals surface area contributed by atoms with Crippen molar-refractivity contribution < 1.29 is 9.47 Å². The minimum absolute atomic E-state index is 0.648. The predicted octanol–water partition coefficient (Wildman–Crippen LogP) is 3.26. The van der Waals surface area contributed by atoms with Crippen molar-refractivity contribution in [2.24, 2.45) is 4.99 Å². The van der Waals surface area contributed by atoms with Gasteiger partial charge >= 0.3 is 0 Å². The summed E-state index contributed by atoms with van der Waals surface area (Å²) in [5.41, 5.74) is 0.902. The Morgan fingerprint density at radius 1 is 0.944 bits per heavy atom. The van der Waals surface area contributed by atoms with Crippen LogP contribution in [0.2, 0.25) is 0 Å². The average Bonchev–Trinajstić information content (AvgIpc) is 2.94. The fourth-order valence-corrected chi connectivity index (χ4v) is 1.85. The Kier molecular flexibility index (Phi) is 2.96. The Labute approximate surface area is 106 Å². The van der Waals surface area contributed by atoms with Crippen molar-refractivity contribution in [3.63, 3.8) is 0 Å². The van der Waals surface area contributed by atoms with E-state index in [-0.39, 0.29) is 0 Å². The summed E-state index contributed by atoms with van der Waals surface area (Å²) in [5.74, 6) is 2.24. The molecule has 0 N–H and O–H groups in total. The van der Waals surface area contributed by atoms with Crippen LogP contribution in [0.1, 0.15) is 5.56 Å². The van der Waals surface area contributed by atoms with Crippen LogP contribution in [-0.2, 0) is 4.74 Å². The molecule has 0 saturated carbocycles. The molecule has 18 heavy (non-hydrogen) atoms. The molecule has 1 aliphatic heterocycles. The first-order chi connectivity index (χ1) is 8.93. The fraction of sp³-hybridized carbons (Fsp3) is 0.133. The molecular weight excluding hydrogens is 226 g/mol. The topological polar surface area (TPSA) is 30.8 Å². The van der Waals surface area contributed by atoms with Crippen LogP contribution in [0.4, 0.5) is 0 Å². The third-order valence-electron chi connectivity index (χ3n) is 2.67. The van der Waals surface area contributed by atoms with Crippen LogP contribution in [0.15, 0.2) is 59.6 Å². The van der Waals surface area contributed by atoms with Crippen LogP contribution in [0.25, 0.3) is 0 Å². The molecule has 0 unspecified atom stereocenters. The number of hydrogen-bond acceptors (Lipinski definition) is 3. The lowest BCUT2D eigenvalue weighted by Crippen LogP contribution is -2.03. The maximum absolute atomic E-state index is 5.86. The van der Waals surface area contributed by atoms with Gasteiger partial charge in [-0.3, -0.25) is 0 Å². The lowest BCUT2D eigenvalue weighted by atomic mass is 10.2. The number of para-hydroxylation sites is 2. The molecule has 0 fully saturated rings. The second-order valence-corrected chi connectivity index (χ2v) is 3.95. The van der Waals surface area contributed by atoms with E-state index in [1.807, 2.05) is 54.6 Å². The van der Waals surface area contributed by atoms with E-state index in [0.717, 1.165) is 23.6 Å². The zero-order valence-electron chi connectivity index (χ0n) is 9.87. The fourth-order valence-electron chi connectivity index (χ4n) is 1.85. The van der Waals surface area contributed by atoms with Crippen molar-refractivity contribution in [3.8, 4) is 11.5 Å². The third-order valence-corrected chi connectivity index (χ3v) is 2.67. The largest absolute Gasteiger partial charge is 0.475 e. The maximum Gasteiger partial charge on any atom is 0.220 e. The molecule has 3 heteroatoms. The first kappa shape index (κ1) is 10.8. The van der Waals surface area contributed by atoms with E-state index in [1.54, 1.807) is 0 Å². The van der Waals surface area contributed by atoms with Gasteiger partial charge in [-0.2, -0.15) is 0 Å². The first-order valence-electron chi connectivity index (χ1n) is 5.93. The molecule has 0 spiro atoms. The SMILES string of the molecule is c1ccc(Oc2ccccc2C2=NCCO2)cc1. The Morgan fingerprint density at radius 3 is 2.50 bits per heavy atom. The van der Waals surface area contributed by atoms with Crippen LogP contribution < -0.4 is 4.74 Å². The normalized spacial score (nSPS) is 13.9. The summed E-state index contributed by atoms with van der Waals surface area (Å²) in [7, 11) is 0. The number of aliphatic imine (C=N–C) groups is 1. The molecule has 0 atom stereocenters. The minimum atomic E-state index is 0.648. The van der Waals surface area contributed by atoms with Crippen LogP contribution in [0, 0.1) is 0 Å². The molecule has 0 bridgehead atoms. The highest BCUT2D eigenvalue weighted by Gasteiger charge is 2.15. The second kappa shape index (κ2) is 4.92. The van der Waals surface area contributed by atoms with Gasteiger partial charge in [0.15, 0.2) is 0 Å². The van der Waals surface area contributed by atoms with Crippen molar-refractivity contribution in [2.45, 2.75) is 0 Å². The molecule has 0 radical (unpaired) electrons. The van der Waals surface area contributed by atoms with Crippen molar-refractivity contribution in [1.82, 2.24) is 0 Å². The molecule has 1 heterocycles. The Hall–Kier alpha value is -2.29. The zero-order valence-corrected chi connectivity index (χ0v) is 9.87. The molecule has 2 aromatic rings. The summed E-state index contributed by atoms with van der Waals surface area (Å²) in [6, 6.07) is 17.5. The molecule has 0 saturated heterocycles. The molecular formula is C15H13NO2. The highest BCUT2D eigenvalue weighted by atomic mass is 16.5. The number of ether oxygens (including phenoxy) is 2. The van der Waals surface area contributed by atoms with Crippen molar-refractivity contribution in [2.75, 3.05) is 13.2 Å². The van der Waals surface area contributed by atoms with Crippen molar-refractivity contribution in [3.05, 3.63) is 60.2 Å². The first-order valence-corrected chi connectivity index (χ1v) is 5.93. The van der Waals surface area contributed by atoms with E-state index in [4.69, 9.17) is 9.47 Å². The summed E-state index contributed by atoms with van der Waals surface area (Å²) in [6.45, 7) is 1.37. The second-order valence-electron chi connectivity index (χ2n) is 3.95. The Bertz CT molecular complexity index is 564. The van der Waals surface area contributed by atoms with Crippen LogP contribution >= 0.6 is 0 Å². The molecule has 0 aliphatic carbocycles. The number of benzene rings is 2. The van der Waals surface area contributed by atoms with E-state index in [0.29, 0.717) is 12.5 Å². The van der Waals surface area contributed by atoms with Gasteiger partial charge in [0.05, 0.1) is 12.1 Å². The maximum atomic E-state index is 5.86. The van der Waals surface area contributed by atoms with Gasteiger partial charge < -0.3 is 9.47 Å². The molecule has 0 amide bonds. The van der Waals surface area contributed by atoms with Gasteiger partial charge in [0.25, 0.3) is 0 Å². The number of rotatable bonds is 3. The van der Waals surface area contributed by atoms with Gasteiger partial charge in [-0.15, -0.1) is 0 Å². The average molecular weight is 239 g/mol. The lowest BCUT2D eigenvalue weighted by Gasteiger charge is -2.10.